The average Bonchev–Trinajstić information content (AvgIpc) is 2.18. The van der Waals surface area contributed by atoms with Gasteiger partial charge in [0.2, 0.25) is 0 Å². The molecule has 3 heteroatoms. The molecule has 0 N–H and O–H groups in total. The lowest BCUT2D eigenvalue weighted by Crippen LogP contribution is -1.99. The van der Waals surface area contributed by atoms with Crippen LogP contribution in [0.25, 0.3) is 0 Å². The molecule has 76 valence electrons. The van der Waals surface area contributed by atoms with Crippen molar-refractivity contribution in [2.45, 2.75) is 19.1 Å². The molecule has 0 aromatic heterocycles. The quantitative estimate of drug-likeness (QED) is 0.552. The zero-order valence-corrected chi connectivity index (χ0v) is 9.21. The first-order valence-corrected chi connectivity index (χ1v) is 5.57. The van der Waals surface area contributed by atoms with Gasteiger partial charge in [0, 0.05) is 5.25 Å². The highest BCUT2D eigenvalue weighted by molar-refractivity contribution is 7.99. The van der Waals surface area contributed by atoms with E-state index in [9.17, 15) is 4.79 Å². The number of carbonyl (C=O) groups is 1. The number of para-hydroxylation sites is 1. The van der Waals surface area contributed by atoms with E-state index in [4.69, 9.17) is 4.74 Å². The predicted octanol–water partition coefficient (Wildman–Crippen LogP) is 2.98. The zero-order chi connectivity index (χ0) is 10.4. The summed E-state index contributed by atoms with van der Waals surface area (Å²) in [5.41, 5.74) is 0.608. The van der Waals surface area contributed by atoms with E-state index in [0.29, 0.717) is 22.5 Å². The fourth-order valence-corrected chi connectivity index (χ4v) is 1.41. The smallest absolute Gasteiger partial charge is 0.153 e. The third kappa shape index (κ3) is 3.42. The molecule has 14 heavy (non-hydrogen) atoms. The normalized spacial score (nSPS) is 10.2. The zero-order valence-electron chi connectivity index (χ0n) is 8.40. The van der Waals surface area contributed by atoms with Gasteiger partial charge in [0.25, 0.3) is 0 Å². The topological polar surface area (TPSA) is 26.3 Å². The van der Waals surface area contributed by atoms with Crippen LogP contribution in [0.1, 0.15) is 24.2 Å². The van der Waals surface area contributed by atoms with Gasteiger partial charge >= 0.3 is 0 Å². The van der Waals surface area contributed by atoms with Crippen molar-refractivity contribution >= 4 is 18.0 Å². The maximum Gasteiger partial charge on any atom is 0.153 e. The fraction of sp³-hybridized carbons (Fsp3) is 0.364. The van der Waals surface area contributed by atoms with Crippen molar-refractivity contribution in [2.24, 2.45) is 0 Å². The Hall–Kier alpha value is -0.960. The number of rotatable bonds is 5. The molecular weight excluding hydrogens is 196 g/mol. The van der Waals surface area contributed by atoms with E-state index >= 15 is 0 Å². The first-order valence-electron chi connectivity index (χ1n) is 4.52. The van der Waals surface area contributed by atoms with Crippen LogP contribution in [0.5, 0.6) is 5.75 Å². The van der Waals surface area contributed by atoms with Crippen molar-refractivity contribution in [1.29, 1.82) is 0 Å². The molecule has 0 bridgehead atoms. The van der Waals surface area contributed by atoms with Crippen LogP contribution in [0.4, 0.5) is 0 Å². The lowest BCUT2D eigenvalue weighted by Gasteiger charge is -2.08. The number of hydrogen-bond acceptors (Lipinski definition) is 3. The Morgan fingerprint density at radius 1 is 1.43 bits per heavy atom. The van der Waals surface area contributed by atoms with Crippen molar-refractivity contribution in [3.05, 3.63) is 29.8 Å². The van der Waals surface area contributed by atoms with Crippen molar-refractivity contribution in [3.63, 3.8) is 0 Å². The maximum atomic E-state index is 10.6. The predicted molar refractivity (Wildman–Crippen MR) is 60.1 cm³/mol. The van der Waals surface area contributed by atoms with Gasteiger partial charge in [-0.25, -0.2) is 0 Å². The van der Waals surface area contributed by atoms with Gasteiger partial charge < -0.3 is 4.74 Å². The number of carbonyl (C=O) groups excluding carboxylic acids is 1. The molecule has 0 aliphatic carbocycles. The molecule has 0 unspecified atom stereocenters. The van der Waals surface area contributed by atoms with Gasteiger partial charge in [0.1, 0.15) is 11.7 Å². The second-order valence-electron chi connectivity index (χ2n) is 3.13. The van der Waals surface area contributed by atoms with Crippen molar-refractivity contribution in [2.75, 3.05) is 5.94 Å². The first-order chi connectivity index (χ1) is 6.74. The van der Waals surface area contributed by atoms with Crippen molar-refractivity contribution in [3.8, 4) is 5.75 Å². The highest BCUT2D eigenvalue weighted by atomic mass is 32.2. The monoisotopic (exact) mass is 210 g/mol. The molecule has 0 aliphatic rings. The van der Waals surface area contributed by atoms with Crippen LogP contribution in [0.2, 0.25) is 0 Å². The number of ether oxygens (including phenoxy) is 1. The Balaban J connectivity index is 2.53. The summed E-state index contributed by atoms with van der Waals surface area (Å²) < 4.78 is 5.47. The van der Waals surface area contributed by atoms with Gasteiger partial charge in [0.15, 0.2) is 6.29 Å². The summed E-state index contributed by atoms with van der Waals surface area (Å²) in [5.74, 6) is 1.25. The highest BCUT2D eigenvalue weighted by Gasteiger charge is 2.01. The second-order valence-corrected chi connectivity index (χ2v) is 4.65. The van der Waals surface area contributed by atoms with Crippen LogP contribution >= 0.6 is 11.8 Å². The molecule has 0 saturated heterocycles. The van der Waals surface area contributed by atoms with Gasteiger partial charge in [-0.2, -0.15) is 0 Å². The van der Waals surface area contributed by atoms with Gasteiger partial charge in [-0.3, -0.25) is 4.79 Å². The Labute approximate surface area is 88.7 Å². The molecular formula is C11H14O2S. The molecule has 0 amide bonds. The van der Waals surface area contributed by atoms with Crippen LogP contribution < -0.4 is 4.74 Å². The summed E-state index contributed by atoms with van der Waals surface area (Å²) in [6.45, 7) is 4.22. The molecule has 0 radical (unpaired) electrons. The standard InChI is InChI=1S/C11H14O2S/c1-9(2)14-8-13-11-6-4-3-5-10(11)7-12/h3-7,9H,8H2,1-2H3. The summed E-state index contributed by atoms with van der Waals surface area (Å²) in [5, 5.41) is 0.540. The van der Waals surface area contributed by atoms with Crippen LogP contribution in [0.3, 0.4) is 0 Å². The minimum absolute atomic E-state index is 0.540. The van der Waals surface area contributed by atoms with Crippen LogP contribution in [-0.2, 0) is 0 Å². The molecule has 1 rings (SSSR count). The SMILES string of the molecule is CC(C)SCOc1ccccc1C=O. The van der Waals surface area contributed by atoms with Gasteiger partial charge in [-0.05, 0) is 12.1 Å². The summed E-state index contributed by atoms with van der Waals surface area (Å²) in [7, 11) is 0. The molecule has 0 aliphatic heterocycles. The second kappa shape index (κ2) is 5.70. The molecule has 0 atom stereocenters. The lowest BCUT2D eigenvalue weighted by atomic mass is 10.2. The molecule has 0 spiro atoms. The number of hydrogen-bond donors (Lipinski definition) is 0. The molecule has 0 saturated carbocycles. The van der Waals surface area contributed by atoms with Crippen molar-refractivity contribution in [1.82, 2.24) is 0 Å². The van der Waals surface area contributed by atoms with E-state index in [0.717, 1.165) is 6.29 Å². The van der Waals surface area contributed by atoms with Crippen LogP contribution in [-0.4, -0.2) is 17.5 Å². The Bertz CT molecular complexity index is 297. The largest absolute Gasteiger partial charge is 0.482 e. The number of benzene rings is 1. The van der Waals surface area contributed by atoms with Gasteiger partial charge in [-0.1, -0.05) is 26.0 Å². The molecule has 1 aromatic carbocycles. The molecule has 0 fully saturated rings. The van der Waals surface area contributed by atoms with E-state index in [1.54, 1.807) is 17.8 Å². The van der Waals surface area contributed by atoms with E-state index in [2.05, 4.69) is 13.8 Å². The van der Waals surface area contributed by atoms with E-state index in [-0.39, 0.29) is 0 Å². The minimum atomic E-state index is 0.540. The van der Waals surface area contributed by atoms with E-state index in [1.165, 1.54) is 0 Å². The third-order valence-corrected chi connectivity index (χ3v) is 2.58. The highest BCUT2D eigenvalue weighted by Crippen LogP contribution is 2.18. The Kier molecular flexibility index (Phi) is 4.53. The van der Waals surface area contributed by atoms with Gasteiger partial charge in [-0.15, -0.1) is 11.8 Å². The number of thioether (sulfide) groups is 1. The maximum absolute atomic E-state index is 10.6. The fourth-order valence-electron chi connectivity index (χ4n) is 0.943. The first kappa shape index (κ1) is 11.1. The Morgan fingerprint density at radius 2 is 2.14 bits per heavy atom. The minimum Gasteiger partial charge on any atom is -0.482 e. The Morgan fingerprint density at radius 3 is 2.79 bits per heavy atom. The van der Waals surface area contributed by atoms with Gasteiger partial charge in [0.05, 0.1) is 5.56 Å². The summed E-state index contributed by atoms with van der Waals surface area (Å²) in [4.78, 5) is 10.6. The average molecular weight is 210 g/mol. The lowest BCUT2D eigenvalue weighted by molar-refractivity contribution is 0.112. The number of aldehydes is 1. The molecule has 0 heterocycles. The molecule has 2 nitrogen and oxygen atoms in total. The third-order valence-electron chi connectivity index (χ3n) is 1.66. The summed E-state index contributed by atoms with van der Waals surface area (Å²) in [6, 6.07) is 7.25. The summed E-state index contributed by atoms with van der Waals surface area (Å²) in [6.07, 6.45) is 0.815. The van der Waals surface area contributed by atoms with Crippen LogP contribution in [0.15, 0.2) is 24.3 Å². The van der Waals surface area contributed by atoms with E-state index in [1.807, 2.05) is 18.2 Å². The molecule has 1 aromatic rings. The summed E-state index contributed by atoms with van der Waals surface area (Å²) >= 11 is 1.71. The van der Waals surface area contributed by atoms with Crippen molar-refractivity contribution < 1.29 is 9.53 Å². The van der Waals surface area contributed by atoms with Crippen LogP contribution in [0, 0.1) is 0 Å². The van der Waals surface area contributed by atoms with E-state index < -0.39 is 0 Å².